The number of nitrogens with zero attached hydrogens (tertiary/aromatic N) is 1. The minimum Gasteiger partial charge on any atom is -0.494 e. The summed E-state index contributed by atoms with van der Waals surface area (Å²) in [4.78, 5) is 12.9. The average molecular weight is 545 g/mol. The quantitative estimate of drug-likeness (QED) is 0.230. The van der Waals surface area contributed by atoms with Gasteiger partial charge in [-0.25, -0.2) is 4.79 Å². The second kappa shape index (κ2) is 9.44. The van der Waals surface area contributed by atoms with Gasteiger partial charge in [-0.2, -0.15) is 5.26 Å². The van der Waals surface area contributed by atoms with Crippen molar-refractivity contribution in [3.05, 3.63) is 99.0 Å². The van der Waals surface area contributed by atoms with E-state index >= 15 is 0 Å². The molecule has 5 rings (SSSR count). The number of rotatable bonds is 5. The summed E-state index contributed by atoms with van der Waals surface area (Å²) in [5.74, 6) is 0.472. The summed E-state index contributed by atoms with van der Waals surface area (Å²) in [7, 11) is 0. The summed E-state index contributed by atoms with van der Waals surface area (Å²) >= 11 is 3.44. The minimum absolute atomic E-state index is 0.00562. The van der Waals surface area contributed by atoms with Crippen LogP contribution in [0.1, 0.15) is 40.1 Å². The Labute approximate surface area is 215 Å². The van der Waals surface area contributed by atoms with E-state index in [1.165, 1.54) is 0 Å². The smallest absolute Gasteiger partial charge is 0.379 e. The number of hydrogen-bond acceptors (Lipinski definition) is 7. The van der Waals surface area contributed by atoms with Crippen LogP contribution in [0.2, 0.25) is 0 Å². The van der Waals surface area contributed by atoms with Crippen LogP contribution in [-0.4, -0.2) is 12.6 Å². The van der Waals surface area contributed by atoms with Crippen LogP contribution >= 0.6 is 15.9 Å². The molecule has 0 radical (unpaired) electrons. The van der Waals surface area contributed by atoms with Crippen LogP contribution in [0.3, 0.4) is 0 Å². The molecule has 3 aromatic carbocycles. The van der Waals surface area contributed by atoms with Crippen LogP contribution < -0.4 is 19.9 Å². The molecule has 4 aromatic rings. The van der Waals surface area contributed by atoms with E-state index in [0.29, 0.717) is 29.1 Å². The SMILES string of the molecule is CCOc1ccc(C2C(C#N)=C(N)Oc3cc(OC(=O)c4oc5ccc(Br)cc5c4C)ccc32)cc1. The number of fused-ring (bicyclic) bond motifs is 2. The molecule has 1 atom stereocenters. The first-order valence-electron chi connectivity index (χ1n) is 11.2. The Bertz CT molecular complexity index is 1560. The summed E-state index contributed by atoms with van der Waals surface area (Å²) in [6.45, 7) is 4.28. The molecule has 1 aromatic heterocycles. The second-order valence-corrected chi connectivity index (χ2v) is 9.13. The molecule has 0 saturated carbocycles. The van der Waals surface area contributed by atoms with Crippen LogP contribution in [0, 0.1) is 18.3 Å². The number of hydrogen-bond donors (Lipinski definition) is 1. The maximum Gasteiger partial charge on any atom is 0.379 e. The van der Waals surface area contributed by atoms with Gasteiger partial charge in [-0.15, -0.1) is 0 Å². The number of furan rings is 1. The Morgan fingerprint density at radius 3 is 2.58 bits per heavy atom. The second-order valence-electron chi connectivity index (χ2n) is 8.21. The van der Waals surface area contributed by atoms with E-state index in [0.717, 1.165) is 26.7 Å². The lowest BCUT2D eigenvalue weighted by molar-refractivity contribution is 0.0702. The van der Waals surface area contributed by atoms with Crippen molar-refractivity contribution in [3.63, 3.8) is 0 Å². The third-order valence-electron chi connectivity index (χ3n) is 6.01. The average Bonchev–Trinajstić information content (AvgIpc) is 3.19. The summed E-state index contributed by atoms with van der Waals surface area (Å²) < 4.78 is 23.5. The summed E-state index contributed by atoms with van der Waals surface area (Å²) in [5.41, 5.74) is 9.29. The van der Waals surface area contributed by atoms with Gasteiger partial charge in [0.1, 0.15) is 34.5 Å². The molecule has 0 bridgehead atoms. The fourth-order valence-corrected chi connectivity index (χ4v) is 4.67. The fraction of sp³-hybridized carbons (Fsp3) is 0.143. The minimum atomic E-state index is -0.625. The molecule has 36 heavy (non-hydrogen) atoms. The molecule has 1 aliphatic rings. The maximum atomic E-state index is 12.9. The normalized spacial score (nSPS) is 14.7. The molecule has 8 heteroatoms. The zero-order valence-corrected chi connectivity index (χ0v) is 21.1. The predicted molar refractivity (Wildman–Crippen MR) is 137 cm³/mol. The van der Waals surface area contributed by atoms with Gasteiger partial charge in [-0.1, -0.05) is 34.1 Å². The Morgan fingerprint density at radius 2 is 1.86 bits per heavy atom. The molecule has 2 N–H and O–H groups in total. The Morgan fingerprint density at radius 1 is 1.11 bits per heavy atom. The maximum absolute atomic E-state index is 12.9. The highest BCUT2D eigenvalue weighted by Crippen LogP contribution is 2.43. The van der Waals surface area contributed by atoms with Crippen molar-refractivity contribution < 1.29 is 23.4 Å². The van der Waals surface area contributed by atoms with Gasteiger partial charge in [0.25, 0.3) is 0 Å². The van der Waals surface area contributed by atoms with Gasteiger partial charge in [-0.05, 0) is 55.8 Å². The number of carbonyl (C=O) groups excluding carboxylic acids is 1. The molecule has 0 spiro atoms. The first kappa shape index (κ1) is 23.5. The van der Waals surface area contributed by atoms with E-state index in [1.54, 1.807) is 31.2 Å². The van der Waals surface area contributed by atoms with E-state index in [2.05, 4.69) is 22.0 Å². The topological polar surface area (TPSA) is 108 Å². The zero-order valence-electron chi connectivity index (χ0n) is 19.5. The first-order valence-corrected chi connectivity index (χ1v) is 12.0. The lowest BCUT2D eigenvalue weighted by Crippen LogP contribution is -2.21. The van der Waals surface area contributed by atoms with E-state index < -0.39 is 11.9 Å². The Hall–Kier alpha value is -4.22. The Balaban J connectivity index is 1.46. The number of nitrogens with two attached hydrogens (primary N) is 1. The van der Waals surface area contributed by atoms with Gasteiger partial charge in [0.15, 0.2) is 0 Å². The van der Waals surface area contributed by atoms with Gasteiger partial charge in [0.05, 0.1) is 12.5 Å². The molecule has 0 aliphatic carbocycles. The summed E-state index contributed by atoms with van der Waals surface area (Å²) in [6, 6.07) is 20.2. The largest absolute Gasteiger partial charge is 0.494 e. The van der Waals surface area contributed by atoms with Crippen molar-refractivity contribution in [1.82, 2.24) is 0 Å². The van der Waals surface area contributed by atoms with E-state index in [9.17, 15) is 10.1 Å². The molecule has 1 aliphatic heterocycles. The molecule has 0 fully saturated rings. The molecular formula is C28H21BrN2O5. The van der Waals surface area contributed by atoms with Crippen molar-refractivity contribution in [1.29, 1.82) is 5.26 Å². The number of allylic oxidation sites excluding steroid dienone is 1. The molecule has 0 amide bonds. The van der Waals surface area contributed by atoms with Crippen LogP contribution in [0.15, 0.2) is 81.0 Å². The highest BCUT2D eigenvalue weighted by molar-refractivity contribution is 9.10. The Kier molecular flexibility index (Phi) is 6.17. The highest BCUT2D eigenvalue weighted by atomic mass is 79.9. The standard InChI is InChI=1S/C28H21BrN2O5/c1-3-33-18-7-4-16(5-8-18)25-20-10-9-19(13-24(20)36-27(31)22(25)14-30)34-28(32)26-15(2)21-12-17(29)6-11-23(21)35-26/h4-13,25H,3,31H2,1-2H3. The highest BCUT2D eigenvalue weighted by Gasteiger charge is 2.31. The van der Waals surface area contributed by atoms with Crippen molar-refractivity contribution in [3.8, 4) is 23.3 Å². The van der Waals surface area contributed by atoms with Crippen molar-refractivity contribution in [2.75, 3.05) is 6.61 Å². The van der Waals surface area contributed by atoms with Crippen LogP contribution in [0.25, 0.3) is 11.0 Å². The number of aryl methyl sites for hydroxylation is 1. The van der Waals surface area contributed by atoms with Gasteiger partial charge >= 0.3 is 5.97 Å². The predicted octanol–water partition coefficient (Wildman–Crippen LogP) is 6.34. The van der Waals surface area contributed by atoms with E-state index in [1.807, 2.05) is 43.3 Å². The fourth-order valence-electron chi connectivity index (χ4n) is 4.31. The third kappa shape index (κ3) is 4.18. The lowest BCUT2D eigenvalue weighted by Gasteiger charge is -2.26. The number of esters is 1. The van der Waals surface area contributed by atoms with Gasteiger partial charge in [0, 0.05) is 27.1 Å². The number of halogens is 1. The number of ether oxygens (including phenoxy) is 3. The van der Waals surface area contributed by atoms with Crippen LogP contribution in [-0.2, 0) is 0 Å². The lowest BCUT2D eigenvalue weighted by atomic mass is 9.83. The van der Waals surface area contributed by atoms with Crippen LogP contribution in [0.4, 0.5) is 0 Å². The third-order valence-corrected chi connectivity index (χ3v) is 6.50. The number of benzene rings is 3. The van der Waals surface area contributed by atoms with Crippen molar-refractivity contribution in [2.45, 2.75) is 19.8 Å². The first-order chi connectivity index (χ1) is 17.4. The summed E-state index contributed by atoms with van der Waals surface area (Å²) in [5, 5.41) is 10.6. The monoisotopic (exact) mass is 544 g/mol. The van der Waals surface area contributed by atoms with E-state index in [-0.39, 0.29) is 17.4 Å². The molecule has 1 unspecified atom stereocenters. The molecule has 2 heterocycles. The molecule has 7 nitrogen and oxygen atoms in total. The van der Waals surface area contributed by atoms with Gasteiger partial charge in [0.2, 0.25) is 11.6 Å². The number of carbonyl (C=O) groups is 1. The van der Waals surface area contributed by atoms with Crippen molar-refractivity contribution >= 4 is 32.9 Å². The molecule has 0 saturated heterocycles. The molecule has 180 valence electrons. The molecular weight excluding hydrogens is 524 g/mol. The van der Waals surface area contributed by atoms with Crippen LogP contribution in [0.5, 0.6) is 17.2 Å². The van der Waals surface area contributed by atoms with Gasteiger partial charge < -0.3 is 24.4 Å². The van der Waals surface area contributed by atoms with E-state index in [4.69, 9.17) is 24.4 Å². The van der Waals surface area contributed by atoms with Crippen molar-refractivity contribution in [2.24, 2.45) is 5.73 Å². The number of nitriles is 1. The summed E-state index contributed by atoms with van der Waals surface area (Å²) in [6.07, 6.45) is 0. The van der Waals surface area contributed by atoms with Gasteiger partial charge in [-0.3, -0.25) is 0 Å². The zero-order chi connectivity index (χ0) is 25.4.